The van der Waals surface area contributed by atoms with Crippen LogP contribution < -0.4 is 4.90 Å². The summed E-state index contributed by atoms with van der Waals surface area (Å²) in [5.74, 6) is 2.66. The summed E-state index contributed by atoms with van der Waals surface area (Å²) in [6, 6.07) is 11.9. The van der Waals surface area contributed by atoms with Crippen LogP contribution in [0.15, 0.2) is 42.6 Å². The number of fused-ring (bicyclic) bond motifs is 2. The third-order valence-corrected chi connectivity index (χ3v) is 6.36. The predicted octanol–water partition coefficient (Wildman–Crippen LogP) is 4.77. The molecule has 7 nitrogen and oxygen atoms in total. The zero-order valence-electron chi connectivity index (χ0n) is 17.3. The van der Waals surface area contributed by atoms with E-state index in [-0.39, 0.29) is 5.41 Å². The second-order valence-corrected chi connectivity index (χ2v) is 8.36. The van der Waals surface area contributed by atoms with Gasteiger partial charge in [-0.2, -0.15) is 0 Å². The van der Waals surface area contributed by atoms with Gasteiger partial charge in [0, 0.05) is 12.7 Å². The first-order valence-corrected chi connectivity index (χ1v) is 10.6. The highest BCUT2D eigenvalue weighted by Crippen LogP contribution is 2.52. The smallest absolute Gasteiger partial charge is 0.189 e. The van der Waals surface area contributed by atoms with Crippen molar-refractivity contribution in [2.45, 2.75) is 38.0 Å². The maximum atomic E-state index is 7.24. The number of imidazole rings is 1. The van der Waals surface area contributed by atoms with Crippen LogP contribution in [-0.2, 0) is 11.8 Å². The van der Waals surface area contributed by atoms with Crippen molar-refractivity contribution in [1.82, 2.24) is 24.9 Å². The predicted molar refractivity (Wildman–Crippen MR) is 119 cm³/mol. The molecule has 2 aliphatic rings. The molecule has 1 saturated carbocycles. The number of hydrogen-bond acceptors (Lipinski definition) is 5. The molecule has 7 heteroatoms. The van der Waals surface area contributed by atoms with E-state index < -0.39 is 0 Å². The summed E-state index contributed by atoms with van der Waals surface area (Å²) in [7, 11) is 0. The maximum Gasteiger partial charge on any atom is 0.189 e. The Labute approximate surface area is 180 Å². The highest BCUT2D eigenvalue weighted by Gasteiger charge is 2.50. The summed E-state index contributed by atoms with van der Waals surface area (Å²) in [5.41, 5.74) is 5.62. The molecule has 152 valence electrons. The van der Waals surface area contributed by atoms with Crippen molar-refractivity contribution in [3.8, 4) is 0 Å². The fourth-order valence-electron chi connectivity index (χ4n) is 4.58. The van der Waals surface area contributed by atoms with Crippen LogP contribution in [0.2, 0.25) is 0 Å². The van der Waals surface area contributed by atoms with Crippen LogP contribution in [0.4, 0.5) is 17.2 Å². The number of benzene rings is 1. The maximum absolute atomic E-state index is 7.24. The van der Waals surface area contributed by atoms with Crippen molar-refractivity contribution in [3.63, 3.8) is 0 Å². The Morgan fingerprint density at radius 2 is 2.00 bits per heavy atom. The first-order valence-electron chi connectivity index (χ1n) is 10.6. The van der Waals surface area contributed by atoms with Crippen LogP contribution in [0.25, 0.3) is 15.9 Å². The summed E-state index contributed by atoms with van der Waals surface area (Å²) in [5, 5.41) is 0. The van der Waals surface area contributed by atoms with Crippen molar-refractivity contribution in [2.75, 3.05) is 11.4 Å². The lowest BCUT2D eigenvalue weighted by atomic mass is 9.98. The lowest BCUT2D eigenvalue weighted by Crippen LogP contribution is -2.27. The van der Waals surface area contributed by atoms with Crippen molar-refractivity contribution < 1.29 is 0 Å². The molecule has 0 spiro atoms. The summed E-state index contributed by atoms with van der Waals surface area (Å²) in [4.78, 5) is 28.1. The Bertz CT molecular complexity index is 1360. The Balaban J connectivity index is 1.39. The van der Waals surface area contributed by atoms with E-state index in [9.17, 15) is 0 Å². The Hall–Kier alpha value is -3.79. The van der Waals surface area contributed by atoms with Crippen LogP contribution in [-0.4, -0.2) is 31.5 Å². The summed E-state index contributed by atoms with van der Waals surface area (Å²) >= 11 is 0. The quantitative estimate of drug-likeness (QED) is 0.495. The number of pyridine rings is 1. The van der Waals surface area contributed by atoms with Crippen LogP contribution in [0.1, 0.15) is 42.3 Å². The summed E-state index contributed by atoms with van der Waals surface area (Å²) < 4.78 is 0. The number of nitrogens with one attached hydrogen (secondary N) is 1. The molecule has 6 rings (SSSR count). The number of hydrogen-bond donors (Lipinski definition) is 1. The molecule has 3 aromatic heterocycles. The largest absolute Gasteiger partial charge is 0.342 e. The third kappa shape index (κ3) is 2.87. The number of nitrogens with zero attached hydrogens (tertiary/aromatic N) is 6. The van der Waals surface area contributed by atoms with E-state index in [0.717, 1.165) is 77.8 Å². The SMILES string of the molecule is [C-]#[N+]c1ccc2nc(C3(c4ccc5c(n4)CCCN5c4ccnc(C)n4)CC3)[nH]c2c1. The van der Waals surface area contributed by atoms with Crippen LogP contribution >= 0.6 is 0 Å². The van der Waals surface area contributed by atoms with Gasteiger partial charge in [0.05, 0.1) is 40.1 Å². The van der Waals surface area contributed by atoms with E-state index >= 15 is 0 Å². The molecule has 1 aliphatic heterocycles. The van der Waals surface area contributed by atoms with Crippen LogP contribution in [0.3, 0.4) is 0 Å². The number of rotatable bonds is 3. The summed E-state index contributed by atoms with van der Waals surface area (Å²) in [6.45, 7) is 10.1. The molecular formula is C24H21N7. The zero-order chi connectivity index (χ0) is 21.0. The molecular weight excluding hydrogens is 386 g/mol. The van der Waals surface area contributed by atoms with Gasteiger partial charge in [0.25, 0.3) is 0 Å². The van der Waals surface area contributed by atoms with E-state index in [2.05, 4.69) is 36.8 Å². The van der Waals surface area contributed by atoms with E-state index in [0.29, 0.717) is 5.69 Å². The van der Waals surface area contributed by atoms with Crippen LogP contribution in [0.5, 0.6) is 0 Å². The second-order valence-electron chi connectivity index (χ2n) is 8.36. The van der Waals surface area contributed by atoms with Gasteiger partial charge in [-0.1, -0.05) is 6.07 Å². The number of anilines is 2. The first kappa shape index (κ1) is 18.0. The monoisotopic (exact) mass is 407 g/mol. The number of aryl methyl sites for hydroxylation is 2. The molecule has 1 N–H and O–H groups in total. The van der Waals surface area contributed by atoms with Gasteiger partial charge in [-0.25, -0.2) is 19.8 Å². The lowest BCUT2D eigenvalue weighted by Gasteiger charge is -2.30. The second kappa shape index (κ2) is 6.61. The van der Waals surface area contributed by atoms with Gasteiger partial charge < -0.3 is 9.88 Å². The highest BCUT2D eigenvalue weighted by atomic mass is 15.2. The van der Waals surface area contributed by atoms with Gasteiger partial charge in [-0.15, -0.1) is 0 Å². The van der Waals surface area contributed by atoms with E-state index in [1.165, 1.54) is 0 Å². The molecule has 1 aromatic carbocycles. The fourth-order valence-corrected chi connectivity index (χ4v) is 4.58. The standard InChI is InChI=1S/C24H21N7/c1-15-26-12-9-22(27-15)31-13-3-4-18-20(31)7-8-21(28-18)24(10-11-24)23-29-17-6-5-16(25-2)14-19(17)30-23/h5-9,12,14H,3-4,10-11,13H2,1H3,(H,29,30). The lowest BCUT2D eigenvalue weighted by molar-refractivity contribution is 0.699. The van der Waals surface area contributed by atoms with Gasteiger partial charge >= 0.3 is 0 Å². The minimum absolute atomic E-state index is 0.153. The Morgan fingerprint density at radius 3 is 2.81 bits per heavy atom. The van der Waals surface area contributed by atoms with E-state index in [4.69, 9.17) is 16.5 Å². The molecule has 1 aliphatic carbocycles. The topological polar surface area (TPSA) is 75.0 Å². The zero-order valence-corrected chi connectivity index (χ0v) is 17.3. The molecule has 1 fully saturated rings. The molecule has 4 heterocycles. The average molecular weight is 407 g/mol. The van der Waals surface area contributed by atoms with E-state index in [1.807, 2.05) is 37.4 Å². The molecule has 0 amide bonds. The van der Waals surface area contributed by atoms with Crippen molar-refractivity contribution in [2.24, 2.45) is 0 Å². The molecule has 0 bridgehead atoms. The fraction of sp³-hybridized carbons (Fsp3) is 0.292. The molecule has 4 aromatic rings. The normalized spacial score (nSPS) is 16.7. The number of H-pyrrole nitrogens is 1. The average Bonchev–Trinajstić information content (AvgIpc) is 3.50. The molecule has 0 atom stereocenters. The van der Waals surface area contributed by atoms with Crippen molar-refractivity contribution in [1.29, 1.82) is 0 Å². The Morgan fingerprint density at radius 1 is 1.10 bits per heavy atom. The first-order chi connectivity index (χ1) is 15.2. The molecule has 0 unspecified atom stereocenters. The number of aromatic amines is 1. The third-order valence-electron chi connectivity index (χ3n) is 6.36. The molecule has 0 saturated heterocycles. The van der Waals surface area contributed by atoms with Gasteiger partial charge in [0.2, 0.25) is 0 Å². The van der Waals surface area contributed by atoms with Crippen molar-refractivity contribution >= 4 is 28.2 Å². The van der Waals surface area contributed by atoms with Gasteiger partial charge in [-0.3, -0.25) is 4.98 Å². The minimum Gasteiger partial charge on any atom is -0.342 e. The van der Waals surface area contributed by atoms with Gasteiger partial charge in [0.15, 0.2) is 5.69 Å². The highest BCUT2D eigenvalue weighted by molar-refractivity contribution is 5.80. The Kier molecular flexibility index (Phi) is 3.84. The molecule has 31 heavy (non-hydrogen) atoms. The van der Waals surface area contributed by atoms with Gasteiger partial charge in [0.1, 0.15) is 17.5 Å². The minimum atomic E-state index is -0.153. The van der Waals surface area contributed by atoms with Gasteiger partial charge in [-0.05, 0) is 62.9 Å². The van der Waals surface area contributed by atoms with Crippen LogP contribution in [0, 0.1) is 13.5 Å². The van der Waals surface area contributed by atoms with Crippen molar-refractivity contribution in [3.05, 3.63) is 77.0 Å². The number of aromatic nitrogens is 5. The summed E-state index contributed by atoms with van der Waals surface area (Å²) in [6.07, 6.45) is 5.89. The molecule has 0 radical (unpaired) electrons. The van der Waals surface area contributed by atoms with E-state index in [1.54, 1.807) is 0 Å².